The normalized spacial score (nSPS) is 15.2. The van der Waals surface area contributed by atoms with Gasteiger partial charge in [-0.3, -0.25) is 4.79 Å². The van der Waals surface area contributed by atoms with Crippen LogP contribution in [0.5, 0.6) is 0 Å². The number of nitrogen functional groups attached to an aromatic ring is 2. The molecule has 0 bridgehead atoms. The first kappa shape index (κ1) is 19.2. The van der Waals surface area contributed by atoms with Crippen molar-refractivity contribution in [2.75, 3.05) is 24.6 Å². The van der Waals surface area contributed by atoms with E-state index in [9.17, 15) is 4.79 Å². The van der Waals surface area contributed by atoms with Crippen molar-refractivity contribution in [3.63, 3.8) is 0 Å². The number of piperidine rings is 1. The van der Waals surface area contributed by atoms with Crippen LogP contribution in [-0.2, 0) is 4.79 Å². The minimum atomic E-state index is 0.0454. The summed E-state index contributed by atoms with van der Waals surface area (Å²) in [7, 11) is 0. The molecule has 4 N–H and O–H groups in total. The minimum Gasteiger partial charge on any atom is -0.399 e. The number of anilines is 2. The van der Waals surface area contributed by atoms with Crippen molar-refractivity contribution in [2.24, 2.45) is 5.92 Å². The number of hydrogen-bond acceptors (Lipinski definition) is 5. The molecule has 0 radical (unpaired) electrons. The number of rotatable bonds is 3. The minimum absolute atomic E-state index is 0.0454. The van der Waals surface area contributed by atoms with Crippen molar-refractivity contribution in [2.45, 2.75) is 32.6 Å². The molecule has 6 heteroatoms. The molecule has 1 fully saturated rings. The summed E-state index contributed by atoms with van der Waals surface area (Å²) in [5.74, 6) is 1.15. The molecule has 2 aromatic carbocycles. The van der Waals surface area contributed by atoms with Crippen LogP contribution in [0.15, 0.2) is 42.7 Å². The molecule has 0 spiro atoms. The van der Waals surface area contributed by atoms with E-state index in [1.165, 1.54) is 11.9 Å². The number of hydrogen-bond donors (Lipinski definition) is 2. The van der Waals surface area contributed by atoms with E-state index >= 15 is 0 Å². The van der Waals surface area contributed by atoms with E-state index in [-0.39, 0.29) is 11.8 Å². The molecule has 29 heavy (non-hydrogen) atoms. The van der Waals surface area contributed by atoms with Gasteiger partial charge in [-0.25, -0.2) is 9.97 Å². The number of nitrogens with zero attached hydrogens (tertiary/aromatic N) is 3. The van der Waals surface area contributed by atoms with E-state index in [4.69, 9.17) is 11.5 Å². The molecule has 3 aromatic rings. The summed E-state index contributed by atoms with van der Waals surface area (Å²) in [6.45, 7) is 5.51. The highest BCUT2D eigenvalue weighted by molar-refractivity contribution is 6.01. The van der Waals surface area contributed by atoms with Gasteiger partial charge >= 0.3 is 0 Å². The molecule has 0 unspecified atom stereocenters. The summed E-state index contributed by atoms with van der Waals surface area (Å²) in [6, 6.07) is 12.1. The molecular weight excluding hydrogens is 362 g/mol. The van der Waals surface area contributed by atoms with Crippen LogP contribution in [0.2, 0.25) is 0 Å². The highest BCUT2D eigenvalue weighted by Crippen LogP contribution is 2.37. The third kappa shape index (κ3) is 3.75. The average molecular weight is 390 g/mol. The first-order valence-electron chi connectivity index (χ1n) is 10.1. The maximum Gasteiger partial charge on any atom is 0.225 e. The number of nitrogens with two attached hydrogens (primary N) is 2. The summed E-state index contributed by atoms with van der Waals surface area (Å²) in [6.07, 6.45) is 3.41. The fourth-order valence-electron chi connectivity index (χ4n) is 4.16. The van der Waals surface area contributed by atoms with E-state index in [0.717, 1.165) is 53.6 Å². The van der Waals surface area contributed by atoms with Crippen LogP contribution in [0.3, 0.4) is 0 Å². The third-order valence-electron chi connectivity index (χ3n) is 5.78. The number of likely N-dealkylation sites (tertiary alicyclic amines) is 1. The number of amides is 1. The van der Waals surface area contributed by atoms with Crippen molar-refractivity contribution in [1.82, 2.24) is 14.9 Å². The highest BCUT2D eigenvalue weighted by Gasteiger charge is 2.26. The molecule has 0 atom stereocenters. The van der Waals surface area contributed by atoms with Gasteiger partial charge in [-0.1, -0.05) is 26.0 Å². The molecule has 4 rings (SSSR count). The fourth-order valence-corrected chi connectivity index (χ4v) is 4.16. The molecule has 150 valence electrons. The van der Waals surface area contributed by atoms with Crippen LogP contribution in [-0.4, -0.2) is 33.9 Å². The SMILES string of the molecule is CC(C)C(=O)N1CCC(c2cc(-c3ccc(N)cc3)c3c(N)ncnc3c2)CC1. The second-order valence-electron chi connectivity index (χ2n) is 8.10. The lowest BCUT2D eigenvalue weighted by Crippen LogP contribution is -2.40. The Morgan fingerprint density at radius 1 is 1.07 bits per heavy atom. The van der Waals surface area contributed by atoms with Gasteiger partial charge in [0.15, 0.2) is 0 Å². The standard InChI is InChI=1S/C23H27N5O/c1-14(2)23(29)28-9-7-15(8-10-28)17-11-19(16-3-5-18(24)6-4-16)21-20(12-17)26-13-27-22(21)25/h3-6,11-15H,7-10,24H2,1-2H3,(H2,25,26,27). The zero-order chi connectivity index (χ0) is 20.5. The highest BCUT2D eigenvalue weighted by atomic mass is 16.2. The Bertz CT molecular complexity index is 1040. The first-order valence-corrected chi connectivity index (χ1v) is 10.1. The number of carbonyl (C=O) groups is 1. The lowest BCUT2D eigenvalue weighted by molar-refractivity contribution is -0.135. The quantitative estimate of drug-likeness (QED) is 0.664. The van der Waals surface area contributed by atoms with E-state index in [1.807, 2.05) is 43.0 Å². The second-order valence-corrected chi connectivity index (χ2v) is 8.10. The Morgan fingerprint density at radius 2 is 1.76 bits per heavy atom. The Labute approximate surface area is 170 Å². The maximum atomic E-state index is 12.3. The van der Waals surface area contributed by atoms with E-state index in [2.05, 4.69) is 22.1 Å². The van der Waals surface area contributed by atoms with Crippen LogP contribution < -0.4 is 11.5 Å². The summed E-state index contributed by atoms with van der Waals surface area (Å²) >= 11 is 0. The van der Waals surface area contributed by atoms with Gasteiger partial charge < -0.3 is 16.4 Å². The molecule has 0 aliphatic carbocycles. The van der Waals surface area contributed by atoms with Crippen LogP contribution >= 0.6 is 0 Å². The fraction of sp³-hybridized carbons (Fsp3) is 0.348. The Balaban J connectivity index is 1.71. The number of fused-ring (bicyclic) bond motifs is 1. The van der Waals surface area contributed by atoms with E-state index in [1.54, 1.807) is 0 Å². The summed E-state index contributed by atoms with van der Waals surface area (Å²) in [4.78, 5) is 23.0. The summed E-state index contributed by atoms with van der Waals surface area (Å²) < 4.78 is 0. The summed E-state index contributed by atoms with van der Waals surface area (Å²) in [5, 5.41) is 0.869. The van der Waals surface area contributed by atoms with Crippen molar-refractivity contribution in [1.29, 1.82) is 0 Å². The van der Waals surface area contributed by atoms with Gasteiger partial charge in [-0.15, -0.1) is 0 Å². The molecule has 1 aliphatic rings. The number of benzene rings is 2. The Morgan fingerprint density at radius 3 is 2.41 bits per heavy atom. The van der Waals surface area contributed by atoms with Gasteiger partial charge in [0.25, 0.3) is 0 Å². The average Bonchev–Trinajstić information content (AvgIpc) is 2.73. The predicted octanol–water partition coefficient (Wildman–Crippen LogP) is 3.82. The summed E-state index contributed by atoms with van der Waals surface area (Å²) in [5.41, 5.74) is 17.0. The van der Waals surface area contributed by atoms with Crippen LogP contribution in [0.1, 0.15) is 38.2 Å². The van der Waals surface area contributed by atoms with E-state index < -0.39 is 0 Å². The number of carbonyl (C=O) groups excluding carboxylic acids is 1. The lowest BCUT2D eigenvalue weighted by atomic mass is 9.86. The molecule has 6 nitrogen and oxygen atoms in total. The monoisotopic (exact) mass is 389 g/mol. The van der Waals surface area contributed by atoms with Gasteiger partial charge in [0.2, 0.25) is 5.91 Å². The van der Waals surface area contributed by atoms with Crippen LogP contribution in [0, 0.1) is 5.92 Å². The molecule has 0 saturated carbocycles. The van der Waals surface area contributed by atoms with E-state index in [0.29, 0.717) is 11.7 Å². The molecule has 1 amide bonds. The van der Waals surface area contributed by atoms with Gasteiger partial charge in [0, 0.05) is 24.7 Å². The van der Waals surface area contributed by atoms with Crippen molar-refractivity contribution >= 4 is 28.3 Å². The van der Waals surface area contributed by atoms with Crippen molar-refractivity contribution < 1.29 is 4.79 Å². The Hall–Kier alpha value is -3.15. The molecular formula is C23H27N5O. The van der Waals surface area contributed by atoms with Crippen molar-refractivity contribution in [3.8, 4) is 11.1 Å². The predicted molar refractivity (Wildman–Crippen MR) is 117 cm³/mol. The third-order valence-corrected chi connectivity index (χ3v) is 5.78. The van der Waals surface area contributed by atoms with Gasteiger partial charge in [-0.05, 0) is 59.7 Å². The lowest BCUT2D eigenvalue weighted by Gasteiger charge is -2.33. The molecule has 2 heterocycles. The van der Waals surface area contributed by atoms with Crippen LogP contribution in [0.25, 0.3) is 22.0 Å². The largest absolute Gasteiger partial charge is 0.399 e. The number of aromatic nitrogens is 2. The molecule has 1 saturated heterocycles. The first-order chi connectivity index (χ1) is 13.9. The molecule has 1 aromatic heterocycles. The molecule has 1 aliphatic heterocycles. The van der Waals surface area contributed by atoms with Crippen LogP contribution in [0.4, 0.5) is 11.5 Å². The Kier molecular flexibility index (Phi) is 5.09. The van der Waals surface area contributed by atoms with Gasteiger partial charge in [-0.2, -0.15) is 0 Å². The van der Waals surface area contributed by atoms with Gasteiger partial charge in [0.1, 0.15) is 12.1 Å². The van der Waals surface area contributed by atoms with Gasteiger partial charge in [0.05, 0.1) is 10.9 Å². The second kappa shape index (κ2) is 7.70. The zero-order valence-corrected chi connectivity index (χ0v) is 16.9. The smallest absolute Gasteiger partial charge is 0.225 e. The zero-order valence-electron chi connectivity index (χ0n) is 16.9. The topological polar surface area (TPSA) is 98.1 Å². The van der Waals surface area contributed by atoms with Crippen molar-refractivity contribution in [3.05, 3.63) is 48.3 Å². The maximum absolute atomic E-state index is 12.3.